The maximum absolute atomic E-state index is 12.4. The zero-order chi connectivity index (χ0) is 19.7. The van der Waals surface area contributed by atoms with E-state index in [9.17, 15) is 4.79 Å². The van der Waals surface area contributed by atoms with Crippen molar-refractivity contribution in [2.24, 2.45) is 0 Å². The highest BCUT2D eigenvalue weighted by atomic mass is 16.2. The third-order valence-corrected chi connectivity index (χ3v) is 5.60. The molecule has 1 amide bonds. The van der Waals surface area contributed by atoms with E-state index in [1.165, 1.54) is 11.1 Å². The van der Waals surface area contributed by atoms with Crippen LogP contribution in [0.25, 0.3) is 11.0 Å². The lowest BCUT2D eigenvalue weighted by Gasteiger charge is -2.16. The number of likely N-dealkylation sites (tertiary alicyclic amines) is 1. The molecule has 1 aliphatic heterocycles. The molecule has 1 aliphatic rings. The minimum Gasteiger partial charge on any atom is -0.338 e. The quantitative estimate of drug-likeness (QED) is 0.587. The van der Waals surface area contributed by atoms with E-state index in [-0.39, 0.29) is 11.8 Å². The Morgan fingerprint density at radius 2 is 1.93 bits per heavy atom. The normalized spacial score (nSPS) is 17.0. The molecule has 4 heteroatoms. The Morgan fingerprint density at radius 3 is 2.64 bits per heavy atom. The van der Waals surface area contributed by atoms with Gasteiger partial charge in [-0.15, -0.1) is 6.58 Å². The molecule has 0 saturated carbocycles. The topological polar surface area (TPSA) is 38.1 Å². The van der Waals surface area contributed by atoms with Crippen LogP contribution in [0.5, 0.6) is 0 Å². The van der Waals surface area contributed by atoms with Gasteiger partial charge in [0, 0.05) is 32.0 Å². The average molecular weight is 374 g/mol. The Balaban J connectivity index is 1.70. The van der Waals surface area contributed by atoms with Crippen LogP contribution >= 0.6 is 0 Å². The molecule has 0 spiro atoms. The Labute approximate surface area is 166 Å². The van der Waals surface area contributed by atoms with Gasteiger partial charge in [-0.3, -0.25) is 4.79 Å². The number of benzene rings is 2. The van der Waals surface area contributed by atoms with Crippen LogP contribution < -0.4 is 0 Å². The second-order valence-corrected chi connectivity index (χ2v) is 7.93. The summed E-state index contributed by atoms with van der Waals surface area (Å²) in [6, 6.07) is 17.1. The molecule has 0 N–H and O–H groups in total. The molecule has 0 bridgehead atoms. The van der Waals surface area contributed by atoms with Crippen molar-refractivity contribution in [3.05, 3.63) is 78.1 Å². The Hall–Kier alpha value is -2.88. The third kappa shape index (κ3) is 3.47. The van der Waals surface area contributed by atoms with Crippen LogP contribution in [0.2, 0.25) is 0 Å². The highest BCUT2D eigenvalue weighted by Gasteiger charge is 2.33. The number of para-hydroxylation sites is 2. The lowest BCUT2D eigenvalue weighted by molar-refractivity contribution is -0.127. The molecule has 0 radical (unpaired) electrons. The molecule has 1 fully saturated rings. The molecular weight excluding hydrogens is 346 g/mol. The summed E-state index contributed by atoms with van der Waals surface area (Å²) >= 11 is 0. The lowest BCUT2D eigenvalue weighted by Crippen LogP contribution is -2.25. The van der Waals surface area contributed by atoms with E-state index >= 15 is 0 Å². The number of carbonyl (C=O) groups excluding carboxylic acids is 1. The van der Waals surface area contributed by atoms with Gasteiger partial charge >= 0.3 is 0 Å². The van der Waals surface area contributed by atoms with Crippen molar-refractivity contribution in [1.29, 1.82) is 0 Å². The molecule has 28 heavy (non-hydrogen) atoms. The molecule has 3 aromatic rings. The van der Waals surface area contributed by atoms with Crippen molar-refractivity contribution in [3.8, 4) is 0 Å². The Morgan fingerprint density at radius 1 is 1.18 bits per heavy atom. The van der Waals surface area contributed by atoms with Crippen LogP contribution in [0, 0.1) is 0 Å². The number of rotatable bonds is 6. The van der Waals surface area contributed by atoms with E-state index in [4.69, 9.17) is 4.98 Å². The molecule has 1 atom stereocenters. The van der Waals surface area contributed by atoms with Crippen LogP contribution in [-0.4, -0.2) is 33.4 Å². The van der Waals surface area contributed by atoms with E-state index in [2.05, 4.69) is 67.5 Å². The second kappa shape index (κ2) is 7.63. The summed E-state index contributed by atoms with van der Waals surface area (Å²) in [6.45, 7) is 10.3. The van der Waals surface area contributed by atoms with Gasteiger partial charge in [-0.2, -0.15) is 0 Å². The van der Waals surface area contributed by atoms with E-state index in [1.807, 2.05) is 11.0 Å². The van der Waals surface area contributed by atoms with Gasteiger partial charge in [-0.1, -0.05) is 56.3 Å². The molecule has 4 rings (SSSR count). The zero-order valence-corrected chi connectivity index (χ0v) is 16.6. The minimum atomic E-state index is 0.120. The van der Waals surface area contributed by atoms with E-state index in [1.54, 1.807) is 6.08 Å². The third-order valence-electron chi connectivity index (χ3n) is 5.60. The first-order chi connectivity index (χ1) is 13.6. The Kier molecular flexibility index (Phi) is 5.03. The maximum atomic E-state index is 12.4. The number of amides is 1. The van der Waals surface area contributed by atoms with E-state index in [0.717, 1.165) is 23.4 Å². The van der Waals surface area contributed by atoms with Crippen molar-refractivity contribution in [2.45, 2.75) is 38.6 Å². The van der Waals surface area contributed by atoms with Gasteiger partial charge in [0.15, 0.2) is 0 Å². The van der Waals surface area contributed by atoms with E-state index < -0.39 is 0 Å². The van der Waals surface area contributed by atoms with Crippen LogP contribution in [-0.2, 0) is 11.3 Å². The fourth-order valence-corrected chi connectivity index (χ4v) is 4.04. The molecule has 1 unspecified atom stereocenters. The highest BCUT2D eigenvalue weighted by molar-refractivity contribution is 5.81. The average Bonchev–Trinajstić information content (AvgIpc) is 3.23. The van der Waals surface area contributed by atoms with Crippen molar-refractivity contribution in [2.75, 3.05) is 13.1 Å². The Bertz CT molecular complexity index is 1000. The lowest BCUT2D eigenvalue weighted by atomic mass is 10.0. The first kappa shape index (κ1) is 18.5. The summed E-state index contributed by atoms with van der Waals surface area (Å²) in [7, 11) is 0. The van der Waals surface area contributed by atoms with Gasteiger partial charge in [-0.25, -0.2) is 4.98 Å². The molecule has 2 aromatic carbocycles. The van der Waals surface area contributed by atoms with Crippen LogP contribution in [0.15, 0.2) is 61.2 Å². The summed E-state index contributed by atoms with van der Waals surface area (Å²) in [6.07, 6.45) is 2.31. The van der Waals surface area contributed by atoms with Crippen molar-refractivity contribution < 1.29 is 4.79 Å². The second-order valence-electron chi connectivity index (χ2n) is 7.93. The number of fused-ring (bicyclic) bond motifs is 1. The predicted molar refractivity (Wildman–Crippen MR) is 114 cm³/mol. The van der Waals surface area contributed by atoms with Crippen molar-refractivity contribution >= 4 is 16.9 Å². The van der Waals surface area contributed by atoms with Gasteiger partial charge in [-0.05, 0) is 29.2 Å². The summed E-state index contributed by atoms with van der Waals surface area (Å²) in [5, 5.41) is 0. The monoisotopic (exact) mass is 373 g/mol. The molecular formula is C24H27N3O. The van der Waals surface area contributed by atoms with Crippen molar-refractivity contribution in [3.63, 3.8) is 0 Å². The van der Waals surface area contributed by atoms with Gasteiger partial charge < -0.3 is 9.47 Å². The smallest absolute Gasteiger partial charge is 0.223 e. The van der Waals surface area contributed by atoms with Crippen LogP contribution in [0.3, 0.4) is 0 Å². The first-order valence-electron chi connectivity index (χ1n) is 9.99. The maximum Gasteiger partial charge on any atom is 0.223 e. The van der Waals surface area contributed by atoms with Crippen LogP contribution in [0.1, 0.15) is 49.1 Å². The SMILES string of the molecule is C=CCN1CC(c2nc3ccccc3n2Cc2ccc(C(C)C)cc2)CC1=O. The first-order valence-corrected chi connectivity index (χ1v) is 9.99. The summed E-state index contributed by atoms with van der Waals surface area (Å²) in [5.74, 6) is 1.84. The summed E-state index contributed by atoms with van der Waals surface area (Å²) in [5.41, 5.74) is 4.72. The van der Waals surface area contributed by atoms with Gasteiger partial charge in [0.05, 0.1) is 11.0 Å². The number of carbonyl (C=O) groups is 1. The highest BCUT2D eigenvalue weighted by Crippen LogP contribution is 2.31. The molecule has 1 saturated heterocycles. The predicted octanol–water partition coefficient (Wildman–Crippen LogP) is 4.71. The zero-order valence-electron chi connectivity index (χ0n) is 16.6. The van der Waals surface area contributed by atoms with Crippen LogP contribution in [0.4, 0.5) is 0 Å². The number of nitrogens with zero attached hydrogens (tertiary/aromatic N) is 3. The van der Waals surface area contributed by atoms with Gasteiger partial charge in [0.25, 0.3) is 0 Å². The summed E-state index contributed by atoms with van der Waals surface area (Å²) in [4.78, 5) is 19.2. The standard InChI is InChI=1S/C24H27N3O/c1-4-13-26-16-20(14-23(26)28)24-25-21-7-5-6-8-22(21)27(24)15-18-9-11-19(12-10-18)17(2)3/h4-12,17,20H,1,13-16H2,2-3H3. The molecule has 4 nitrogen and oxygen atoms in total. The summed E-state index contributed by atoms with van der Waals surface area (Å²) < 4.78 is 2.29. The number of hydrogen-bond acceptors (Lipinski definition) is 2. The number of hydrogen-bond donors (Lipinski definition) is 0. The molecule has 144 valence electrons. The molecule has 0 aliphatic carbocycles. The number of aromatic nitrogens is 2. The number of imidazole rings is 1. The van der Waals surface area contributed by atoms with Gasteiger partial charge in [0.1, 0.15) is 5.82 Å². The van der Waals surface area contributed by atoms with Gasteiger partial charge in [0.2, 0.25) is 5.91 Å². The fraction of sp³-hybridized carbons (Fsp3) is 0.333. The largest absolute Gasteiger partial charge is 0.338 e. The molecule has 2 heterocycles. The van der Waals surface area contributed by atoms with Crippen molar-refractivity contribution in [1.82, 2.24) is 14.5 Å². The van der Waals surface area contributed by atoms with E-state index in [0.29, 0.717) is 25.4 Å². The minimum absolute atomic E-state index is 0.120. The molecule has 1 aromatic heterocycles. The fourth-order valence-electron chi connectivity index (χ4n) is 4.04.